The van der Waals surface area contributed by atoms with Gasteiger partial charge in [0.15, 0.2) is 6.10 Å². The van der Waals surface area contributed by atoms with Crippen LogP contribution in [0.2, 0.25) is 5.02 Å². The van der Waals surface area contributed by atoms with E-state index in [4.69, 9.17) is 22.1 Å². The lowest BCUT2D eigenvalue weighted by Gasteiger charge is -2.19. The van der Waals surface area contributed by atoms with Crippen LogP contribution < -0.4 is 15.8 Å². The van der Waals surface area contributed by atoms with Gasteiger partial charge in [0.1, 0.15) is 5.75 Å². The first-order chi connectivity index (χ1) is 9.45. The fourth-order valence-electron chi connectivity index (χ4n) is 1.81. The molecule has 0 radical (unpaired) electrons. The van der Waals surface area contributed by atoms with Crippen molar-refractivity contribution in [3.8, 4) is 5.75 Å². The molecule has 0 bridgehead atoms. The smallest absolute Gasteiger partial charge is 0.258 e. The van der Waals surface area contributed by atoms with E-state index in [2.05, 4.69) is 19.2 Å². The van der Waals surface area contributed by atoms with Crippen LogP contribution in [0.25, 0.3) is 0 Å². The third-order valence-corrected chi connectivity index (χ3v) is 3.16. The lowest BCUT2D eigenvalue weighted by Crippen LogP contribution is -2.33. The summed E-state index contributed by atoms with van der Waals surface area (Å²) in [4.78, 5) is 11.3. The number of hydrogen-bond donors (Lipinski definition) is 2. The summed E-state index contributed by atoms with van der Waals surface area (Å²) in [6.45, 7) is 7.68. The summed E-state index contributed by atoms with van der Waals surface area (Å²) >= 11 is 6.17. The van der Waals surface area contributed by atoms with Gasteiger partial charge in [0, 0.05) is 12.1 Å². The van der Waals surface area contributed by atoms with E-state index in [0.29, 0.717) is 29.7 Å². The summed E-state index contributed by atoms with van der Waals surface area (Å²) < 4.78 is 5.70. The van der Waals surface area contributed by atoms with Gasteiger partial charge in [-0.15, -0.1) is 0 Å². The van der Waals surface area contributed by atoms with Crippen LogP contribution in [0.1, 0.15) is 32.8 Å². The monoisotopic (exact) mass is 298 g/mol. The van der Waals surface area contributed by atoms with Gasteiger partial charge >= 0.3 is 0 Å². The Balaban J connectivity index is 2.84. The molecule has 0 saturated carbocycles. The summed E-state index contributed by atoms with van der Waals surface area (Å²) in [6, 6.07) is 5.55. The summed E-state index contributed by atoms with van der Waals surface area (Å²) in [7, 11) is 0. The van der Waals surface area contributed by atoms with Crippen molar-refractivity contribution < 1.29 is 9.53 Å². The molecule has 5 heteroatoms. The summed E-state index contributed by atoms with van der Waals surface area (Å²) in [5.74, 6) is 0.622. The molecule has 1 rings (SSSR count). The van der Waals surface area contributed by atoms with Crippen molar-refractivity contribution in [1.29, 1.82) is 0 Å². The number of rotatable bonds is 8. The lowest BCUT2D eigenvalue weighted by molar-refractivity contribution is -0.124. The van der Waals surface area contributed by atoms with E-state index in [1.54, 1.807) is 6.07 Å². The molecule has 0 saturated heterocycles. The van der Waals surface area contributed by atoms with Gasteiger partial charge < -0.3 is 15.8 Å². The molecule has 3 N–H and O–H groups in total. The van der Waals surface area contributed by atoms with E-state index in [0.717, 1.165) is 12.1 Å². The molecule has 0 fully saturated rings. The van der Waals surface area contributed by atoms with Gasteiger partial charge in [-0.05, 0) is 24.9 Å². The van der Waals surface area contributed by atoms with E-state index in [1.165, 1.54) is 0 Å². The van der Waals surface area contributed by atoms with Crippen LogP contribution in [-0.2, 0) is 11.3 Å². The van der Waals surface area contributed by atoms with Crippen molar-refractivity contribution in [3.05, 3.63) is 28.8 Å². The van der Waals surface area contributed by atoms with Crippen LogP contribution in [0, 0.1) is 5.92 Å². The Hall–Kier alpha value is -1.26. The maximum Gasteiger partial charge on any atom is 0.258 e. The minimum atomic E-state index is -0.654. The summed E-state index contributed by atoms with van der Waals surface area (Å²) in [5.41, 5.74) is 6.24. The molecular formula is C15H23ClN2O2. The van der Waals surface area contributed by atoms with E-state index >= 15 is 0 Å². The first kappa shape index (κ1) is 16.8. The Morgan fingerprint density at radius 1 is 1.45 bits per heavy atom. The van der Waals surface area contributed by atoms with Crippen LogP contribution in [0.3, 0.4) is 0 Å². The molecule has 0 heterocycles. The van der Waals surface area contributed by atoms with Crippen LogP contribution in [0.15, 0.2) is 18.2 Å². The molecule has 1 unspecified atom stereocenters. The number of nitrogens with two attached hydrogens (primary N) is 1. The van der Waals surface area contributed by atoms with Gasteiger partial charge in [-0.25, -0.2) is 0 Å². The predicted molar refractivity (Wildman–Crippen MR) is 81.9 cm³/mol. The average Bonchev–Trinajstić information content (AvgIpc) is 2.37. The van der Waals surface area contributed by atoms with E-state index < -0.39 is 12.0 Å². The van der Waals surface area contributed by atoms with Crippen molar-refractivity contribution in [2.24, 2.45) is 11.7 Å². The molecule has 0 spiro atoms. The highest BCUT2D eigenvalue weighted by Crippen LogP contribution is 2.30. The molecule has 0 aromatic heterocycles. The van der Waals surface area contributed by atoms with Gasteiger partial charge in [0.25, 0.3) is 5.91 Å². The van der Waals surface area contributed by atoms with Gasteiger partial charge in [-0.3, -0.25) is 4.79 Å². The minimum absolute atomic E-state index is 0.478. The molecule has 112 valence electrons. The van der Waals surface area contributed by atoms with Crippen molar-refractivity contribution in [2.45, 2.75) is 39.8 Å². The maximum absolute atomic E-state index is 11.3. The normalized spacial score (nSPS) is 12.4. The second kappa shape index (κ2) is 8.12. The van der Waals surface area contributed by atoms with Crippen molar-refractivity contribution in [3.63, 3.8) is 0 Å². The molecule has 1 aromatic carbocycles. The Morgan fingerprint density at radius 3 is 2.70 bits per heavy atom. The Kier molecular flexibility index (Phi) is 6.82. The number of primary amides is 1. The van der Waals surface area contributed by atoms with Gasteiger partial charge in [0.2, 0.25) is 0 Å². The quantitative estimate of drug-likeness (QED) is 0.775. The topological polar surface area (TPSA) is 64.3 Å². The summed E-state index contributed by atoms with van der Waals surface area (Å²) in [5, 5.41) is 3.83. The first-order valence-corrected chi connectivity index (χ1v) is 7.27. The number of carbonyl (C=O) groups excluding carboxylic acids is 1. The predicted octanol–water partition coefficient (Wildman–Crippen LogP) is 2.73. The molecule has 4 nitrogen and oxygen atoms in total. The fourth-order valence-corrected chi connectivity index (χ4v) is 2.04. The number of amides is 1. The number of hydrogen-bond acceptors (Lipinski definition) is 3. The second-order valence-corrected chi connectivity index (χ2v) is 5.58. The molecular weight excluding hydrogens is 276 g/mol. The third kappa shape index (κ3) is 5.02. The molecule has 20 heavy (non-hydrogen) atoms. The molecule has 0 aliphatic carbocycles. The number of ether oxygens (including phenoxy) is 1. The number of benzene rings is 1. The van der Waals surface area contributed by atoms with Crippen molar-refractivity contribution in [1.82, 2.24) is 5.32 Å². The van der Waals surface area contributed by atoms with Crippen LogP contribution in [0.5, 0.6) is 5.75 Å². The number of carbonyl (C=O) groups is 1. The van der Waals surface area contributed by atoms with E-state index in [-0.39, 0.29) is 0 Å². The molecule has 0 aliphatic rings. The maximum atomic E-state index is 11.3. The van der Waals surface area contributed by atoms with Crippen molar-refractivity contribution in [2.75, 3.05) is 6.54 Å². The number of halogens is 1. The highest BCUT2D eigenvalue weighted by molar-refractivity contribution is 6.32. The van der Waals surface area contributed by atoms with Gasteiger partial charge in [-0.1, -0.05) is 44.5 Å². The van der Waals surface area contributed by atoms with E-state index in [1.807, 2.05) is 19.1 Å². The molecule has 0 aliphatic heterocycles. The number of para-hydroxylation sites is 1. The lowest BCUT2D eigenvalue weighted by atomic mass is 10.1. The standard InChI is InChI=1S/C15H23ClN2O2/c1-4-13(15(17)19)20-14-11(6-5-7-12(14)16)9-18-8-10(2)3/h5-7,10,13,18H,4,8-9H2,1-3H3,(H2,17,19). The zero-order valence-corrected chi connectivity index (χ0v) is 13.0. The average molecular weight is 299 g/mol. The number of nitrogens with one attached hydrogen (secondary N) is 1. The molecule has 1 atom stereocenters. The van der Waals surface area contributed by atoms with Crippen molar-refractivity contribution >= 4 is 17.5 Å². The second-order valence-electron chi connectivity index (χ2n) is 5.17. The van der Waals surface area contributed by atoms with Gasteiger partial charge in [0.05, 0.1) is 5.02 Å². The zero-order valence-electron chi connectivity index (χ0n) is 12.3. The largest absolute Gasteiger partial charge is 0.479 e. The summed E-state index contributed by atoms with van der Waals surface area (Å²) in [6.07, 6.45) is -0.141. The Labute approximate surface area is 125 Å². The SMILES string of the molecule is CCC(Oc1c(Cl)cccc1CNCC(C)C)C(N)=O. The van der Waals surface area contributed by atoms with E-state index in [9.17, 15) is 4.79 Å². The highest BCUT2D eigenvalue weighted by Gasteiger charge is 2.18. The fraction of sp³-hybridized carbons (Fsp3) is 0.533. The molecule has 1 aromatic rings. The first-order valence-electron chi connectivity index (χ1n) is 6.89. The zero-order chi connectivity index (χ0) is 15.1. The highest BCUT2D eigenvalue weighted by atomic mass is 35.5. The minimum Gasteiger partial charge on any atom is -0.479 e. The van der Waals surface area contributed by atoms with Crippen LogP contribution in [-0.4, -0.2) is 18.6 Å². The van der Waals surface area contributed by atoms with Gasteiger partial charge in [-0.2, -0.15) is 0 Å². The third-order valence-electron chi connectivity index (χ3n) is 2.86. The molecule has 1 amide bonds. The van der Waals surface area contributed by atoms with Crippen LogP contribution >= 0.6 is 11.6 Å². The Morgan fingerprint density at radius 2 is 2.15 bits per heavy atom. The van der Waals surface area contributed by atoms with Crippen LogP contribution in [0.4, 0.5) is 0 Å². The Bertz CT molecular complexity index is 449.